The van der Waals surface area contributed by atoms with Crippen LogP contribution < -0.4 is 4.74 Å². The van der Waals surface area contributed by atoms with E-state index in [1.807, 2.05) is 60.2 Å². The number of pyridine rings is 1. The van der Waals surface area contributed by atoms with E-state index in [0.717, 1.165) is 46.1 Å². The first-order chi connectivity index (χ1) is 17.9. The number of hydrogen-bond donors (Lipinski definition) is 0. The molecule has 0 radical (unpaired) electrons. The van der Waals surface area contributed by atoms with E-state index in [2.05, 4.69) is 27.3 Å². The van der Waals surface area contributed by atoms with Crippen LogP contribution in [0, 0.1) is 6.92 Å². The molecule has 0 spiro atoms. The van der Waals surface area contributed by atoms with Crippen molar-refractivity contribution >= 4 is 21.6 Å². The SMILES string of the molecule is Cc1cc(OCc2nnc(SC3C=CCCC3)n2-c2cccnc2)ccc1-c1ccc(S(C)(=O)=O)cc1. The molecule has 2 heterocycles. The summed E-state index contributed by atoms with van der Waals surface area (Å²) in [4.78, 5) is 4.59. The molecule has 0 saturated carbocycles. The van der Waals surface area contributed by atoms with Gasteiger partial charge in [-0.2, -0.15) is 0 Å². The number of aromatic nitrogens is 4. The molecule has 1 aliphatic rings. The lowest BCUT2D eigenvalue weighted by Crippen LogP contribution is -2.09. The van der Waals surface area contributed by atoms with Crippen LogP contribution in [0.3, 0.4) is 0 Å². The molecule has 5 rings (SSSR count). The molecular formula is C28H28N4O3S2. The van der Waals surface area contributed by atoms with E-state index >= 15 is 0 Å². The van der Waals surface area contributed by atoms with E-state index in [1.54, 1.807) is 30.1 Å². The largest absolute Gasteiger partial charge is 0.486 e. The minimum absolute atomic E-state index is 0.255. The van der Waals surface area contributed by atoms with Crippen LogP contribution in [0.1, 0.15) is 30.7 Å². The monoisotopic (exact) mass is 532 g/mol. The highest BCUT2D eigenvalue weighted by Gasteiger charge is 2.19. The maximum Gasteiger partial charge on any atom is 0.196 e. The Labute approximate surface area is 221 Å². The van der Waals surface area contributed by atoms with Gasteiger partial charge in [0, 0.05) is 17.7 Å². The van der Waals surface area contributed by atoms with Gasteiger partial charge < -0.3 is 4.74 Å². The molecule has 2 aromatic heterocycles. The third-order valence-corrected chi connectivity index (χ3v) is 8.53. The number of benzene rings is 2. The third-order valence-electron chi connectivity index (χ3n) is 6.23. The van der Waals surface area contributed by atoms with Crippen LogP contribution in [-0.2, 0) is 16.4 Å². The number of nitrogens with zero attached hydrogens (tertiary/aromatic N) is 4. The molecule has 2 aromatic carbocycles. The van der Waals surface area contributed by atoms with Gasteiger partial charge in [-0.15, -0.1) is 10.2 Å². The number of sulfone groups is 1. The second-order valence-corrected chi connectivity index (χ2v) is 12.2. The highest BCUT2D eigenvalue weighted by Crippen LogP contribution is 2.32. The number of thioether (sulfide) groups is 1. The number of ether oxygens (including phenoxy) is 1. The van der Waals surface area contributed by atoms with Crippen molar-refractivity contribution in [3.63, 3.8) is 0 Å². The van der Waals surface area contributed by atoms with E-state index in [4.69, 9.17) is 4.74 Å². The van der Waals surface area contributed by atoms with Gasteiger partial charge in [-0.25, -0.2) is 8.42 Å². The van der Waals surface area contributed by atoms with Gasteiger partial charge in [0.15, 0.2) is 20.8 Å². The molecular weight excluding hydrogens is 504 g/mol. The van der Waals surface area contributed by atoms with Crippen molar-refractivity contribution in [1.82, 2.24) is 19.7 Å². The first-order valence-electron chi connectivity index (χ1n) is 12.1. The zero-order chi connectivity index (χ0) is 25.8. The molecule has 1 atom stereocenters. The molecule has 0 amide bonds. The highest BCUT2D eigenvalue weighted by molar-refractivity contribution is 7.99. The third kappa shape index (κ3) is 5.94. The van der Waals surface area contributed by atoms with E-state index in [9.17, 15) is 8.42 Å². The Morgan fingerprint density at radius 3 is 2.62 bits per heavy atom. The van der Waals surface area contributed by atoms with Crippen LogP contribution in [0.15, 0.2) is 89.2 Å². The van der Waals surface area contributed by atoms with E-state index in [-0.39, 0.29) is 6.61 Å². The molecule has 0 fully saturated rings. The van der Waals surface area contributed by atoms with Crippen LogP contribution in [0.2, 0.25) is 0 Å². The van der Waals surface area contributed by atoms with Crippen molar-refractivity contribution in [3.05, 3.63) is 90.5 Å². The first kappa shape index (κ1) is 25.2. The standard InChI is InChI=1S/C28H28N4O3S2/c1-20-17-23(12-15-26(20)21-10-13-25(14-11-21)37(2,33)34)35-19-27-30-31-28(36-24-8-4-3-5-9-24)32(27)22-7-6-16-29-18-22/h4,6-8,10-18,24H,3,5,9,19H2,1-2H3. The Bertz CT molecular complexity index is 1520. The summed E-state index contributed by atoms with van der Waals surface area (Å²) in [5.41, 5.74) is 3.90. The van der Waals surface area contributed by atoms with Crippen LogP contribution in [0.25, 0.3) is 16.8 Å². The van der Waals surface area contributed by atoms with Gasteiger partial charge in [-0.3, -0.25) is 9.55 Å². The molecule has 4 aromatic rings. The number of rotatable bonds is 8. The Balaban J connectivity index is 1.35. The second kappa shape index (κ2) is 10.9. The number of allylic oxidation sites excluding steroid dienone is 1. The summed E-state index contributed by atoms with van der Waals surface area (Å²) in [6.07, 6.45) is 12.7. The minimum Gasteiger partial charge on any atom is -0.486 e. The van der Waals surface area contributed by atoms with Crippen LogP contribution in [0.4, 0.5) is 0 Å². The Kier molecular flexibility index (Phi) is 7.43. The van der Waals surface area contributed by atoms with Gasteiger partial charge in [0.2, 0.25) is 0 Å². The summed E-state index contributed by atoms with van der Waals surface area (Å²) in [5, 5.41) is 10.1. The number of hydrogen-bond acceptors (Lipinski definition) is 7. The predicted molar refractivity (Wildman–Crippen MR) is 146 cm³/mol. The van der Waals surface area contributed by atoms with Crippen molar-refractivity contribution in [3.8, 4) is 22.6 Å². The lowest BCUT2D eigenvalue weighted by atomic mass is 10.0. The zero-order valence-corrected chi connectivity index (χ0v) is 22.4. The Hall–Kier alpha value is -3.43. The second-order valence-electron chi connectivity index (χ2n) is 9.02. The highest BCUT2D eigenvalue weighted by atomic mass is 32.2. The van der Waals surface area contributed by atoms with Gasteiger partial charge in [0.25, 0.3) is 0 Å². The molecule has 0 saturated heterocycles. The quantitative estimate of drug-likeness (QED) is 0.264. The van der Waals surface area contributed by atoms with Gasteiger partial charge in [0.1, 0.15) is 12.4 Å². The molecule has 1 unspecified atom stereocenters. The molecule has 0 bridgehead atoms. The van der Waals surface area contributed by atoms with E-state index in [1.165, 1.54) is 12.7 Å². The van der Waals surface area contributed by atoms with Crippen molar-refractivity contribution in [2.75, 3.05) is 6.26 Å². The normalized spacial score (nSPS) is 15.6. The average molecular weight is 533 g/mol. The Morgan fingerprint density at radius 1 is 1.11 bits per heavy atom. The summed E-state index contributed by atoms with van der Waals surface area (Å²) in [5.74, 6) is 1.42. The fourth-order valence-electron chi connectivity index (χ4n) is 4.31. The van der Waals surface area contributed by atoms with Gasteiger partial charge >= 0.3 is 0 Å². The average Bonchev–Trinajstić information content (AvgIpc) is 3.30. The molecule has 0 aliphatic heterocycles. The Morgan fingerprint density at radius 2 is 1.95 bits per heavy atom. The molecule has 190 valence electrons. The lowest BCUT2D eigenvalue weighted by molar-refractivity contribution is 0.292. The lowest BCUT2D eigenvalue weighted by Gasteiger charge is -2.16. The van der Waals surface area contributed by atoms with Crippen molar-refractivity contribution in [2.24, 2.45) is 0 Å². The number of aryl methyl sites for hydroxylation is 1. The van der Waals surface area contributed by atoms with Gasteiger partial charge in [0.05, 0.1) is 16.8 Å². The summed E-state index contributed by atoms with van der Waals surface area (Å²) in [6, 6.07) is 16.7. The summed E-state index contributed by atoms with van der Waals surface area (Å²) < 4.78 is 31.7. The van der Waals surface area contributed by atoms with Gasteiger partial charge in [-0.1, -0.05) is 42.1 Å². The first-order valence-corrected chi connectivity index (χ1v) is 14.9. The maximum absolute atomic E-state index is 11.8. The molecule has 1 aliphatic carbocycles. The topological polar surface area (TPSA) is 87.0 Å². The zero-order valence-electron chi connectivity index (χ0n) is 20.7. The van der Waals surface area contributed by atoms with E-state index < -0.39 is 9.84 Å². The van der Waals surface area contributed by atoms with Crippen molar-refractivity contribution in [1.29, 1.82) is 0 Å². The summed E-state index contributed by atoms with van der Waals surface area (Å²) in [7, 11) is -3.22. The predicted octanol–water partition coefficient (Wildman–Crippen LogP) is 5.82. The van der Waals surface area contributed by atoms with Crippen LogP contribution in [0.5, 0.6) is 5.75 Å². The fraction of sp³-hybridized carbons (Fsp3) is 0.250. The minimum atomic E-state index is -3.22. The van der Waals surface area contributed by atoms with Crippen LogP contribution in [-0.4, -0.2) is 39.7 Å². The van der Waals surface area contributed by atoms with Crippen molar-refractivity contribution in [2.45, 2.75) is 48.1 Å². The van der Waals surface area contributed by atoms with Crippen molar-refractivity contribution < 1.29 is 13.2 Å². The van der Waals surface area contributed by atoms with Gasteiger partial charge in [-0.05, 0) is 79.3 Å². The van der Waals surface area contributed by atoms with E-state index in [0.29, 0.717) is 16.0 Å². The van der Waals surface area contributed by atoms with Crippen LogP contribution >= 0.6 is 11.8 Å². The molecule has 0 N–H and O–H groups in total. The molecule has 9 heteroatoms. The summed E-state index contributed by atoms with van der Waals surface area (Å²) in [6.45, 7) is 2.27. The fourth-order valence-corrected chi connectivity index (χ4v) is 6.09. The molecule has 7 nitrogen and oxygen atoms in total. The maximum atomic E-state index is 11.8. The smallest absolute Gasteiger partial charge is 0.196 e. The summed E-state index contributed by atoms with van der Waals surface area (Å²) >= 11 is 1.71. The molecule has 37 heavy (non-hydrogen) atoms.